The monoisotopic (exact) mass is 175 g/mol. The minimum absolute atomic E-state index is 0. The lowest BCUT2D eigenvalue weighted by Gasteiger charge is -2.13. The summed E-state index contributed by atoms with van der Waals surface area (Å²) in [4.78, 5) is 10.6. The molecular formula is C7H10ClNO2. The summed E-state index contributed by atoms with van der Waals surface area (Å²) in [6.45, 7) is 1.11. The van der Waals surface area contributed by atoms with Gasteiger partial charge in [-0.3, -0.25) is 4.79 Å². The van der Waals surface area contributed by atoms with Crippen molar-refractivity contribution in [1.82, 2.24) is 5.32 Å². The molecule has 3 nitrogen and oxygen atoms in total. The van der Waals surface area contributed by atoms with Gasteiger partial charge in [-0.25, -0.2) is 0 Å². The zero-order chi connectivity index (χ0) is 7.61. The van der Waals surface area contributed by atoms with Gasteiger partial charge in [-0.1, -0.05) is 5.92 Å². The minimum Gasteiger partial charge on any atom is -0.480 e. The van der Waals surface area contributed by atoms with E-state index in [1.54, 1.807) is 0 Å². The van der Waals surface area contributed by atoms with Gasteiger partial charge in [-0.05, 0) is 13.0 Å². The molecule has 1 atom stereocenters. The van der Waals surface area contributed by atoms with E-state index in [-0.39, 0.29) is 12.4 Å². The van der Waals surface area contributed by atoms with Crippen LogP contribution in [0, 0.1) is 17.8 Å². The fraction of sp³-hybridized carbons (Fsp3) is 0.571. The van der Waals surface area contributed by atoms with Crippen LogP contribution in [0.5, 0.6) is 0 Å². The Balaban J connectivity index is 0.000001000. The van der Waals surface area contributed by atoms with Gasteiger partial charge in [0.1, 0.15) is 5.41 Å². The van der Waals surface area contributed by atoms with Gasteiger partial charge in [0.15, 0.2) is 0 Å². The molecular weight excluding hydrogens is 166 g/mol. The summed E-state index contributed by atoms with van der Waals surface area (Å²) in [5, 5.41) is 11.6. The van der Waals surface area contributed by atoms with Gasteiger partial charge in [0.05, 0.1) is 0 Å². The van der Waals surface area contributed by atoms with E-state index >= 15 is 0 Å². The Kier molecular flexibility index (Phi) is 3.37. The highest BCUT2D eigenvalue weighted by atomic mass is 35.5. The van der Waals surface area contributed by atoms with Gasteiger partial charge in [0, 0.05) is 6.54 Å². The molecule has 1 unspecified atom stereocenters. The SMILES string of the molecule is C#CC1(C(=O)O)CCNC1.Cl. The summed E-state index contributed by atoms with van der Waals surface area (Å²) in [6.07, 6.45) is 5.64. The molecule has 0 aromatic heterocycles. The molecule has 0 aliphatic carbocycles. The van der Waals surface area contributed by atoms with Crippen molar-refractivity contribution in [1.29, 1.82) is 0 Å². The number of nitrogens with one attached hydrogen (secondary N) is 1. The Morgan fingerprint density at radius 3 is 2.55 bits per heavy atom. The van der Waals surface area contributed by atoms with Crippen LogP contribution in [0.15, 0.2) is 0 Å². The summed E-state index contributed by atoms with van der Waals surface area (Å²) < 4.78 is 0. The second kappa shape index (κ2) is 3.61. The van der Waals surface area contributed by atoms with Crippen LogP contribution in [0.3, 0.4) is 0 Å². The van der Waals surface area contributed by atoms with E-state index in [0.717, 1.165) is 0 Å². The summed E-state index contributed by atoms with van der Waals surface area (Å²) in [7, 11) is 0. The number of carbonyl (C=O) groups is 1. The predicted molar refractivity (Wildman–Crippen MR) is 43.6 cm³/mol. The minimum atomic E-state index is -0.931. The zero-order valence-corrected chi connectivity index (χ0v) is 6.78. The molecule has 0 spiro atoms. The van der Waals surface area contributed by atoms with Crippen LogP contribution in [-0.2, 0) is 4.79 Å². The molecule has 1 fully saturated rings. The van der Waals surface area contributed by atoms with E-state index in [1.165, 1.54) is 0 Å². The molecule has 0 saturated carbocycles. The van der Waals surface area contributed by atoms with Crippen molar-refractivity contribution in [2.75, 3.05) is 13.1 Å². The van der Waals surface area contributed by atoms with E-state index in [9.17, 15) is 4.79 Å². The zero-order valence-electron chi connectivity index (χ0n) is 5.96. The van der Waals surface area contributed by atoms with Crippen molar-refractivity contribution in [2.45, 2.75) is 6.42 Å². The van der Waals surface area contributed by atoms with Crippen LogP contribution >= 0.6 is 12.4 Å². The van der Waals surface area contributed by atoms with E-state index in [1.807, 2.05) is 0 Å². The lowest BCUT2D eigenvalue weighted by molar-refractivity contribution is -0.144. The van der Waals surface area contributed by atoms with Crippen molar-refractivity contribution in [2.24, 2.45) is 5.41 Å². The molecule has 0 aromatic rings. The quantitative estimate of drug-likeness (QED) is 0.556. The first-order chi connectivity index (χ1) is 4.71. The first kappa shape index (κ1) is 10.3. The number of carboxylic acid groups (broad SMARTS) is 1. The van der Waals surface area contributed by atoms with Crippen LogP contribution in [-0.4, -0.2) is 24.2 Å². The maximum atomic E-state index is 10.6. The van der Waals surface area contributed by atoms with Crippen LogP contribution < -0.4 is 5.32 Å². The van der Waals surface area contributed by atoms with Crippen molar-refractivity contribution < 1.29 is 9.90 Å². The molecule has 1 saturated heterocycles. The van der Waals surface area contributed by atoms with Crippen molar-refractivity contribution >= 4 is 18.4 Å². The van der Waals surface area contributed by atoms with Gasteiger partial charge in [0.2, 0.25) is 0 Å². The lowest BCUT2D eigenvalue weighted by Crippen LogP contribution is -2.31. The predicted octanol–water partition coefficient (Wildman–Crippen LogP) is 0.106. The molecule has 11 heavy (non-hydrogen) atoms. The number of rotatable bonds is 1. The summed E-state index contributed by atoms with van der Waals surface area (Å²) in [5.74, 6) is 1.43. The molecule has 1 rings (SSSR count). The Hall–Kier alpha value is -0.720. The molecule has 2 N–H and O–H groups in total. The lowest BCUT2D eigenvalue weighted by atomic mass is 9.89. The van der Waals surface area contributed by atoms with Gasteiger partial charge in [0.25, 0.3) is 0 Å². The first-order valence-electron chi connectivity index (χ1n) is 3.13. The Morgan fingerprint density at radius 1 is 1.73 bits per heavy atom. The Morgan fingerprint density at radius 2 is 2.36 bits per heavy atom. The van der Waals surface area contributed by atoms with Crippen LogP contribution in [0.25, 0.3) is 0 Å². The summed E-state index contributed by atoms with van der Waals surface area (Å²) >= 11 is 0. The van der Waals surface area contributed by atoms with Crippen LogP contribution in [0.2, 0.25) is 0 Å². The molecule has 62 valence electrons. The van der Waals surface area contributed by atoms with Gasteiger partial charge in [-0.15, -0.1) is 18.8 Å². The fourth-order valence-corrected chi connectivity index (χ4v) is 1.06. The van der Waals surface area contributed by atoms with Gasteiger partial charge >= 0.3 is 5.97 Å². The topological polar surface area (TPSA) is 49.3 Å². The number of hydrogen-bond donors (Lipinski definition) is 2. The molecule has 1 aliphatic heterocycles. The number of carboxylic acids is 1. The van der Waals surface area contributed by atoms with E-state index < -0.39 is 11.4 Å². The maximum absolute atomic E-state index is 10.6. The Labute approximate surface area is 71.6 Å². The van der Waals surface area contributed by atoms with E-state index in [0.29, 0.717) is 19.5 Å². The highest BCUT2D eigenvalue weighted by Crippen LogP contribution is 2.23. The van der Waals surface area contributed by atoms with Crippen molar-refractivity contribution in [3.05, 3.63) is 0 Å². The Bertz CT molecular complexity index is 191. The standard InChI is InChI=1S/C7H9NO2.ClH/c1-2-7(6(9)10)3-4-8-5-7;/h1,8H,3-5H2,(H,9,10);1H. The van der Waals surface area contributed by atoms with Crippen molar-refractivity contribution in [3.8, 4) is 12.3 Å². The molecule has 1 aliphatic rings. The second-order valence-corrected chi connectivity index (χ2v) is 2.46. The second-order valence-electron chi connectivity index (χ2n) is 2.46. The highest BCUT2D eigenvalue weighted by molar-refractivity contribution is 5.85. The first-order valence-corrected chi connectivity index (χ1v) is 3.13. The molecule has 0 bridgehead atoms. The fourth-order valence-electron chi connectivity index (χ4n) is 1.06. The molecule has 0 radical (unpaired) electrons. The molecule has 4 heteroatoms. The van der Waals surface area contributed by atoms with Gasteiger partial charge in [-0.2, -0.15) is 0 Å². The summed E-state index contributed by atoms with van der Waals surface area (Å²) in [5.41, 5.74) is -0.931. The maximum Gasteiger partial charge on any atom is 0.323 e. The van der Waals surface area contributed by atoms with Gasteiger partial charge < -0.3 is 10.4 Å². The largest absolute Gasteiger partial charge is 0.480 e. The van der Waals surface area contributed by atoms with Crippen molar-refractivity contribution in [3.63, 3.8) is 0 Å². The van der Waals surface area contributed by atoms with Crippen LogP contribution in [0.1, 0.15) is 6.42 Å². The average Bonchev–Trinajstić information content (AvgIpc) is 2.35. The smallest absolute Gasteiger partial charge is 0.323 e. The number of hydrogen-bond acceptors (Lipinski definition) is 2. The normalized spacial score (nSPS) is 28.6. The number of halogens is 1. The third-order valence-electron chi connectivity index (χ3n) is 1.84. The van der Waals surface area contributed by atoms with E-state index in [4.69, 9.17) is 11.5 Å². The average molecular weight is 176 g/mol. The molecule has 1 heterocycles. The summed E-state index contributed by atoms with van der Waals surface area (Å²) in [6, 6.07) is 0. The molecule has 0 aromatic carbocycles. The van der Waals surface area contributed by atoms with E-state index in [2.05, 4.69) is 11.2 Å². The number of terminal acetylenes is 1. The highest BCUT2D eigenvalue weighted by Gasteiger charge is 2.39. The number of aliphatic carboxylic acids is 1. The third kappa shape index (κ3) is 1.65. The molecule has 0 amide bonds. The van der Waals surface area contributed by atoms with Crippen LogP contribution in [0.4, 0.5) is 0 Å². The third-order valence-corrected chi connectivity index (χ3v) is 1.84.